The molecule has 0 N–H and O–H groups in total. The van der Waals surface area contributed by atoms with Gasteiger partial charge in [-0.05, 0) is 34.0 Å². The zero-order valence-corrected chi connectivity index (χ0v) is 15.7. The minimum absolute atomic E-state index is 0.0329. The second-order valence-corrected chi connectivity index (χ2v) is 8.66. The SMILES string of the molecule is O=C(COc1cccnc1[N+](=O)[O-])N(Cc1ccccc1)[C@H]1CCS(=O)(=O)C1. The number of rotatable bonds is 7. The van der Waals surface area contributed by atoms with Gasteiger partial charge in [0.05, 0.1) is 11.5 Å². The molecule has 1 aromatic carbocycles. The molecule has 10 heteroatoms. The van der Waals surface area contributed by atoms with Crippen molar-refractivity contribution >= 4 is 21.6 Å². The van der Waals surface area contributed by atoms with Gasteiger partial charge < -0.3 is 19.8 Å². The summed E-state index contributed by atoms with van der Waals surface area (Å²) >= 11 is 0. The van der Waals surface area contributed by atoms with Crippen molar-refractivity contribution in [2.75, 3.05) is 18.1 Å². The van der Waals surface area contributed by atoms with Gasteiger partial charge in [-0.1, -0.05) is 30.3 Å². The van der Waals surface area contributed by atoms with E-state index in [4.69, 9.17) is 4.74 Å². The first-order valence-electron chi connectivity index (χ1n) is 8.62. The lowest BCUT2D eigenvalue weighted by molar-refractivity contribution is -0.390. The molecule has 1 aliphatic heterocycles. The topological polar surface area (TPSA) is 120 Å². The number of benzene rings is 1. The van der Waals surface area contributed by atoms with Crippen LogP contribution in [0.3, 0.4) is 0 Å². The number of aromatic nitrogens is 1. The standard InChI is InChI=1S/C18H19N3O6S/c22-17(12-27-16-7-4-9-19-18(16)21(23)24)20(11-14-5-2-1-3-6-14)15-8-10-28(25,26)13-15/h1-7,9,15H,8,10-13H2/t15-/m0/s1. The third-order valence-corrected chi connectivity index (χ3v) is 6.19. The highest BCUT2D eigenvalue weighted by atomic mass is 32.2. The fourth-order valence-corrected chi connectivity index (χ4v) is 4.81. The van der Waals surface area contributed by atoms with Crippen LogP contribution in [-0.2, 0) is 21.2 Å². The number of ether oxygens (including phenoxy) is 1. The molecule has 1 aliphatic rings. The molecule has 0 saturated carbocycles. The maximum absolute atomic E-state index is 12.8. The van der Waals surface area contributed by atoms with Crippen molar-refractivity contribution in [1.82, 2.24) is 9.88 Å². The van der Waals surface area contributed by atoms with Crippen molar-refractivity contribution < 1.29 is 22.9 Å². The van der Waals surface area contributed by atoms with E-state index in [1.54, 1.807) is 0 Å². The lowest BCUT2D eigenvalue weighted by Crippen LogP contribution is -2.43. The van der Waals surface area contributed by atoms with Crippen molar-refractivity contribution in [3.63, 3.8) is 0 Å². The Morgan fingerprint density at radius 3 is 2.64 bits per heavy atom. The van der Waals surface area contributed by atoms with Gasteiger partial charge in [0.2, 0.25) is 5.75 Å². The molecule has 28 heavy (non-hydrogen) atoms. The van der Waals surface area contributed by atoms with Gasteiger partial charge in [0.15, 0.2) is 16.4 Å². The predicted octanol–water partition coefficient (Wildman–Crippen LogP) is 1.58. The van der Waals surface area contributed by atoms with Crippen LogP contribution in [-0.4, -0.2) is 53.3 Å². The Hall–Kier alpha value is -3.01. The maximum Gasteiger partial charge on any atom is 0.406 e. The number of hydrogen-bond donors (Lipinski definition) is 0. The monoisotopic (exact) mass is 405 g/mol. The summed E-state index contributed by atoms with van der Waals surface area (Å²) in [6, 6.07) is 11.6. The van der Waals surface area contributed by atoms with Crippen LogP contribution in [0, 0.1) is 10.1 Å². The van der Waals surface area contributed by atoms with Gasteiger partial charge in [-0.15, -0.1) is 0 Å². The Kier molecular flexibility index (Phi) is 5.88. The number of carbonyl (C=O) groups is 1. The minimum atomic E-state index is -3.19. The fraction of sp³-hybridized carbons (Fsp3) is 0.333. The molecule has 0 aliphatic carbocycles. The molecular formula is C18H19N3O6S. The molecule has 0 spiro atoms. The molecule has 0 radical (unpaired) electrons. The van der Waals surface area contributed by atoms with E-state index in [1.165, 1.54) is 23.2 Å². The van der Waals surface area contributed by atoms with Crippen molar-refractivity contribution in [3.8, 4) is 5.75 Å². The lowest BCUT2D eigenvalue weighted by atomic mass is 10.1. The molecule has 2 heterocycles. The van der Waals surface area contributed by atoms with Crippen LogP contribution < -0.4 is 4.74 Å². The van der Waals surface area contributed by atoms with Crippen molar-refractivity contribution in [2.45, 2.75) is 19.0 Å². The molecule has 3 rings (SSSR count). The first-order valence-corrected chi connectivity index (χ1v) is 10.4. The zero-order chi connectivity index (χ0) is 20.1. The molecule has 1 aromatic heterocycles. The Morgan fingerprint density at radius 1 is 1.25 bits per heavy atom. The average molecular weight is 405 g/mol. The van der Waals surface area contributed by atoms with Crippen LogP contribution >= 0.6 is 0 Å². The van der Waals surface area contributed by atoms with Crippen LogP contribution in [0.4, 0.5) is 5.82 Å². The average Bonchev–Trinajstić information content (AvgIpc) is 3.04. The first kappa shape index (κ1) is 19.7. The molecule has 1 saturated heterocycles. The summed E-state index contributed by atoms with van der Waals surface area (Å²) in [4.78, 5) is 28.3. The normalized spacial score (nSPS) is 17.8. The number of carbonyl (C=O) groups excluding carboxylic acids is 1. The molecule has 2 aromatic rings. The van der Waals surface area contributed by atoms with Crippen LogP contribution in [0.2, 0.25) is 0 Å². The summed E-state index contributed by atoms with van der Waals surface area (Å²) in [5.41, 5.74) is 0.854. The lowest BCUT2D eigenvalue weighted by Gasteiger charge is -2.28. The largest absolute Gasteiger partial charge is 0.476 e. The van der Waals surface area contributed by atoms with Crippen LogP contribution in [0.25, 0.3) is 0 Å². The molecule has 0 bridgehead atoms. The van der Waals surface area contributed by atoms with E-state index in [-0.39, 0.29) is 23.8 Å². The molecular weight excluding hydrogens is 386 g/mol. The summed E-state index contributed by atoms with van der Waals surface area (Å²) in [6.07, 6.45) is 1.62. The maximum atomic E-state index is 12.8. The van der Waals surface area contributed by atoms with Crippen molar-refractivity contribution in [3.05, 3.63) is 64.3 Å². The summed E-state index contributed by atoms with van der Waals surface area (Å²) in [7, 11) is -3.19. The van der Waals surface area contributed by atoms with Crippen LogP contribution in [0.5, 0.6) is 5.75 Å². The summed E-state index contributed by atoms with van der Waals surface area (Å²) in [6.45, 7) is -0.214. The van der Waals surface area contributed by atoms with Crippen molar-refractivity contribution in [2.24, 2.45) is 0 Å². The van der Waals surface area contributed by atoms with E-state index < -0.39 is 39.1 Å². The Balaban J connectivity index is 1.76. The van der Waals surface area contributed by atoms with E-state index >= 15 is 0 Å². The van der Waals surface area contributed by atoms with E-state index in [0.29, 0.717) is 6.42 Å². The number of nitro groups is 1. The number of amides is 1. The fourth-order valence-electron chi connectivity index (χ4n) is 3.08. The summed E-state index contributed by atoms with van der Waals surface area (Å²) in [5, 5.41) is 11.0. The smallest absolute Gasteiger partial charge is 0.406 e. The highest BCUT2D eigenvalue weighted by Gasteiger charge is 2.35. The minimum Gasteiger partial charge on any atom is -0.476 e. The van der Waals surface area contributed by atoms with E-state index in [0.717, 1.165) is 5.56 Å². The summed E-state index contributed by atoms with van der Waals surface area (Å²) < 4.78 is 29.1. The first-order chi connectivity index (χ1) is 13.4. The molecule has 0 unspecified atom stereocenters. The molecule has 1 amide bonds. The molecule has 1 atom stereocenters. The molecule has 148 valence electrons. The van der Waals surface area contributed by atoms with Gasteiger partial charge in [0.1, 0.15) is 6.20 Å². The van der Waals surface area contributed by atoms with Gasteiger partial charge in [-0.3, -0.25) is 4.79 Å². The van der Waals surface area contributed by atoms with Gasteiger partial charge in [0.25, 0.3) is 5.91 Å². The Labute approximate surface area is 162 Å². The van der Waals surface area contributed by atoms with Gasteiger partial charge >= 0.3 is 5.82 Å². The number of pyridine rings is 1. The third kappa shape index (κ3) is 4.83. The molecule has 1 fully saturated rings. The van der Waals surface area contributed by atoms with Gasteiger partial charge in [-0.2, -0.15) is 0 Å². The van der Waals surface area contributed by atoms with Gasteiger partial charge in [-0.25, -0.2) is 8.42 Å². The Morgan fingerprint density at radius 2 is 2.00 bits per heavy atom. The van der Waals surface area contributed by atoms with E-state index in [9.17, 15) is 23.3 Å². The van der Waals surface area contributed by atoms with Crippen LogP contribution in [0.15, 0.2) is 48.7 Å². The summed E-state index contributed by atoms with van der Waals surface area (Å²) in [5.74, 6) is -1.10. The predicted molar refractivity (Wildman–Crippen MR) is 100 cm³/mol. The molecule has 9 nitrogen and oxygen atoms in total. The number of sulfone groups is 1. The van der Waals surface area contributed by atoms with Crippen molar-refractivity contribution in [1.29, 1.82) is 0 Å². The van der Waals surface area contributed by atoms with E-state index in [1.807, 2.05) is 30.3 Å². The van der Waals surface area contributed by atoms with E-state index in [2.05, 4.69) is 4.98 Å². The number of hydrogen-bond acceptors (Lipinski definition) is 7. The zero-order valence-electron chi connectivity index (χ0n) is 14.9. The Bertz CT molecular complexity index is 964. The quantitative estimate of drug-likeness (QED) is 0.507. The van der Waals surface area contributed by atoms with Crippen LogP contribution in [0.1, 0.15) is 12.0 Å². The second-order valence-electron chi connectivity index (χ2n) is 6.44. The third-order valence-electron chi connectivity index (χ3n) is 4.44. The number of nitrogens with zero attached hydrogens (tertiary/aromatic N) is 3. The second kappa shape index (κ2) is 8.34. The highest BCUT2D eigenvalue weighted by molar-refractivity contribution is 7.91. The highest BCUT2D eigenvalue weighted by Crippen LogP contribution is 2.24. The van der Waals surface area contributed by atoms with Gasteiger partial charge in [0, 0.05) is 12.6 Å².